The van der Waals surface area contributed by atoms with Gasteiger partial charge in [-0.15, -0.1) is 5.28 Å². The van der Waals surface area contributed by atoms with Crippen LogP contribution in [0.15, 0.2) is 28.7 Å². The third-order valence-corrected chi connectivity index (χ3v) is 2.48. The molecule has 0 N–H and O–H groups in total. The summed E-state index contributed by atoms with van der Waals surface area (Å²) in [7, 11) is 0. The number of Topliss-reactive ketones (excluding diaryl/α,β-unsaturated/α-hetero) is 1. The SMILES string of the molecule is CC(=O)c1ccc2nc(/C=C/[CH2][Al])oc2c1. The van der Waals surface area contributed by atoms with Gasteiger partial charge in [0, 0.05) is 5.56 Å². The van der Waals surface area contributed by atoms with E-state index in [0.29, 0.717) is 17.0 Å². The maximum Gasteiger partial charge on any atom is 0.219 e. The average Bonchev–Trinajstić information content (AvgIpc) is 2.67. The lowest BCUT2D eigenvalue weighted by molar-refractivity contribution is 0.101. The Morgan fingerprint density at radius 1 is 1.56 bits per heavy atom. The van der Waals surface area contributed by atoms with Crippen molar-refractivity contribution in [2.75, 3.05) is 0 Å². The molecule has 4 heteroatoms. The maximum absolute atomic E-state index is 11.2. The number of aromatic nitrogens is 1. The highest BCUT2D eigenvalue weighted by atomic mass is 27.0. The summed E-state index contributed by atoms with van der Waals surface area (Å²) in [5.41, 5.74) is 2.06. The van der Waals surface area contributed by atoms with Crippen LogP contribution < -0.4 is 0 Å². The minimum Gasteiger partial charge on any atom is -0.437 e. The molecule has 2 radical (unpaired) electrons. The highest BCUT2D eigenvalue weighted by Crippen LogP contribution is 2.18. The van der Waals surface area contributed by atoms with Gasteiger partial charge in [0.25, 0.3) is 0 Å². The predicted octanol–water partition coefficient (Wildman–Crippen LogP) is 2.63. The molecule has 0 aliphatic carbocycles. The molecule has 3 nitrogen and oxygen atoms in total. The van der Waals surface area contributed by atoms with E-state index < -0.39 is 0 Å². The van der Waals surface area contributed by atoms with E-state index in [4.69, 9.17) is 4.42 Å². The van der Waals surface area contributed by atoms with Crippen LogP contribution >= 0.6 is 0 Å². The van der Waals surface area contributed by atoms with Crippen molar-refractivity contribution < 1.29 is 9.21 Å². The molecule has 0 amide bonds. The number of fused-ring (bicyclic) bond motifs is 1. The maximum atomic E-state index is 11.2. The quantitative estimate of drug-likeness (QED) is 0.598. The first-order valence-electron chi connectivity index (χ1n) is 4.99. The third kappa shape index (κ3) is 2.24. The zero-order valence-corrected chi connectivity index (χ0v) is 10.1. The summed E-state index contributed by atoms with van der Waals surface area (Å²) in [5.74, 6) is 0.596. The standard InChI is InChI=1S/C12H10NO2.Al/c1-3-4-12-13-10-6-5-9(8(2)14)7-11(10)15-12;/h3-7H,1H2,2H3;/b4-3+;. The van der Waals surface area contributed by atoms with E-state index in [9.17, 15) is 4.79 Å². The molecule has 0 bridgehead atoms. The second kappa shape index (κ2) is 4.65. The molecule has 78 valence electrons. The molecule has 0 spiro atoms. The minimum atomic E-state index is 0.0281. The molecule has 2 aromatic rings. The number of allylic oxidation sites excluding steroid dienone is 1. The van der Waals surface area contributed by atoms with Crippen LogP contribution in [0.3, 0.4) is 0 Å². The Hall–Kier alpha value is -1.37. The molecular weight excluding hydrogens is 217 g/mol. The van der Waals surface area contributed by atoms with Gasteiger partial charge in [-0.25, -0.2) is 4.98 Å². The van der Waals surface area contributed by atoms with E-state index in [2.05, 4.69) is 21.3 Å². The van der Waals surface area contributed by atoms with Crippen molar-refractivity contribution in [2.45, 2.75) is 12.2 Å². The Kier molecular flexibility index (Phi) is 3.23. The smallest absolute Gasteiger partial charge is 0.219 e. The molecule has 1 aromatic heterocycles. The van der Waals surface area contributed by atoms with E-state index in [0.717, 1.165) is 10.8 Å². The number of rotatable bonds is 3. The number of hydrogen-bond donors (Lipinski definition) is 0. The number of carbonyl (C=O) groups excluding carboxylic acids is 1. The molecule has 0 fully saturated rings. The van der Waals surface area contributed by atoms with Gasteiger partial charge < -0.3 is 4.42 Å². The van der Waals surface area contributed by atoms with E-state index in [1.165, 1.54) is 6.92 Å². The number of carbonyl (C=O) groups is 1. The van der Waals surface area contributed by atoms with Crippen LogP contribution in [-0.2, 0) is 0 Å². The highest BCUT2D eigenvalue weighted by molar-refractivity contribution is 6.09. The number of oxazole rings is 1. The minimum absolute atomic E-state index is 0.0281. The van der Waals surface area contributed by atoms with Crippen LogP contribution in [0.5, 0.6) is 0 Å². The van der Waals surface area contributed by atoms with Crippen molar-refractivity contribution in [2.24, 2.45) is 0 Å². The number of benzene rings is 1. The van der Waals surface area contributed by atoms with Gasteiger partial charge in [-0.1, -0.05) is 6.08 Å². The zero-order chi connectivity index (χ0) is 11.5. The van der Waals surface area contributed by atoms with Gasteiger partial charge in [0.05, 0.1) is 0 Å². The van der Waals surface area contributed by atoms with Gasteiger partial charge in [0.15, 0.2) is 11.4 Å². The lowest BCUT2D eigenvalue weighted by atomic mass is 10.1. The number of nitrogens with zero attached hydrogens (tertiary/aromatic N) is 1. The summed E-state index contributed by atoms with van der Waals surface area (Å²) in [6, 6.07) is 5.28. The van der Waals surface area contributed by atoms with Gasteiger partial charge in [-0.2, -0.15) is 0 Å². The largest absolute Gasteiger partial charge is 0.437 e. The van der Waals surface area contributed by atoms with E-state index in [1.54, 1.807) is 18.2 Å². The summed E-state index contributed by atoms with van der Waals surface area (Å²) in [5, 5.41) is 0.859. The molecule has 1 aromatic carbocycles. The lowest BCUT2D eigenvalue weighted by Crippen LogP contribution is -1.89. The van der Waals surface area contributed by atoms with Crippen molar-refractivity contribution in [3.05, 3.63) is 35.7 Å². The molecule has 0 aliphatic rings. The van der Waals surface area contributed by atoms with E-state index >= 15 is 0 Å². The molecule has 2 rings (SSSR count). The van der Waals surface area contributed by atoms with Gasteiger partial charge in [0.2, 0.25) is 5.89 Å². The summed E-state index contributed by atoms with van der Waals surface area (Å²) >= 11 is 2.60. The van der Waals surface area contributed by atoms with Gasteiger partial charge in [0.1, 0.15) is 21.8 Å². The second-order valence-corrected chi connectivity index (χ2v) is 3.90. The fourth-order valence-electron chi connectivity index (χ4n) is 1.40. The first-order valence-corrected chi connectivity index (χ1v) is 5.80. The predicted molar refractivity (Wildman–Crippen MR) is 63.6 cm³/mol. The van der Waals surface area contributed by atoms with Crippen LogP contribution in [-0.4, -0.2) is 27.1 Å². The Balaban J connectivity index is 2.45. The summed E-state index contributed by atoms with van der Waals surface area (Å²) in [4.78, 5) is 15.5. The average molecular weight is 227 g/mol. The molecule has 0 saturated heterocycles. The van der Waals surface area contributed by atoms with Crippen LogP contribution in [0, 0.1) is 0 Å². The normalized spacial score (nSPS) is 11.3. The highest BCUT2D eigenvalue weighted by Gasteiger charge is 2.06. The Morgan fingerprint density at radius 3 is 3.06 bits per heavy atom. The molecule has 0 saturated carbocycles. The van der Waals surface area contributed by atoms with Crippen LogP contribution in [0.1, 0.15) is 23.2 Å². The number of hydrogen-bond acceptors (Lipinski definition) is 3. The van der Waals surface area contributed by atoms with Crippen LogP contribution in [0.4, 0.5) is 0 Å². The molecule has 0 atom stereocenters. The third-order valence-electron chi connectivity index (χ3n) is 2.21. The topological polar surface area (TPSA) is 43.1 Å². The second-order valence-electron chi connectivity index (χ2n) is 3.43. The summed E-state index contributed by atoms with van der Waals surface area (Å²) in [6.07, 6.45) is 3.77. The van der Waals surface area contributed by atoms with Gasteiger partial charge in [-0.3, -0.25) is 4.79 Å². The molecule has 0 aliphatic heterocycles. The van der Waals surface area contributed by atoms with Crippen molar-refractivity contribution in [1.82, 2.24) is 4.98 Å². The molecular formula is C12H10AlNO2. The Morgan fingerprint density at radius 2 is 2.38 bits per heavy atom. The van der Waals surface area contributed by atoms with E-state index in [-0.39, 0.29) is 5.78 Å². The fraction of sp³-hybridized carbons (Fsp3) is 0.167. The first-order chi connectivity index (χ1) is 7.70. The summed E-state index contributed by atoms with van der Waals surface area (Å²) in [6.45, 7) is 1.53. The monoisotopic (exact) mass is 227 g/mol. The lowest BCUT2D eigenvalue weighted by Gasteiger charge is -1.92. The van der Waals surface area contributed by atoms with Crippen LogP contribution in [0.25, 0.3) is 17.2 Å². The Bertz CT molecular complexity index is 557. The van der Waals surface area contributed by atoms with Crippen molar-refractivity contribution in [1.29, 1.82) is 0 Å². The molecule has 1 heterocycles. The van der Waals surface area contributed by atoms with Crippen molar-refractivity contribution >= 4 is 39.2 Å². The van der Waals surface area contributed by atoms with Crippen LogP contribution in [0.2, 0.25) is 5.28 Å². The fourth-order valence-corrected chi connectivity index (χ4v) is 1.54. The van der Waals surface area contributed by atoms with Gasteiger partial charge >= 0.3 is 0 Å². The molecule has 16 heavy (non-hydrogen) atoms. The summed E-state index contributed by atoms with van der Waals surface area (Å²) < 4.78 is 5.50. The van der Waals surface area contributed by atoms with Crippen molar-refractivity contribution in [3.8, 4) is 0 Å². The zero-order valence-electron chi connectivity index (χ0n) is 8.93. The van der Waals surface area contributed by atoms with Crippen molar-refractivity contribution in [3.63, 3.8) is 0 Å². The van der Waals surface area contributed by atoms with Gasteiger partial charge in [-0.05, 0) is 31.2 Å². The first kappa shape index (κ1) is 11.1. The molecule has 0 unspecified atom stereocenters. The number of ketones is 1. The Labute approximate surface area is 102 Å². The van der Waals surface area contributed by atoms with E-state index in [1.807, 2.05) is 12.2 Å².